The maximum Gasteiger partial charge on any atom is 0.223 e. The highest BCUT2D eigenvalue weighted by molar-refractivity contribution is 5.79. The molecule has 2 rings (SSSR count). The second-order valence-electron chi connectivity index (χ2n) is 5.96. The van der Waals surface area contributed by atoms with Crippen molar-refractivity contribution in [2.75, 3.05) is 20.1 Å². The normalized spacial score (nSPS) is 18.8. The minimum atomic E-state index is 0.141. The lowest BCUT2D eigenvalue weighted by Crippen LogP contribution is -2.40. The molecule has 20 heavy (non-hydrogen) atoms. The molecule has 0 radical (unpaired) electrons. The summed E-state index contributed by atoms with van der Waals surface area (Å²) in [6.45, 7) is 6.26. The third-order valence-electron chi connectivity index (χ3n) is 4.29. The number of carbonyl (C=O) groups is 1. The first-order valence-electron chi connectivity index (χ1n) is 7.65. The molecule has 0 spiro atoms. The zero-order chi connectivity index (χ0) is 14.5. The van der Waals surface area contributed by atoms with Gasteiger partial charge >= 0.3 is 0 Å². The number of nitrogens with zero attached hydrogens (tertiary/aromatic N) is 1. The number of likely N-dealkylation sites (tertiary alicyclic amines) is 1. The number of nitrogens with one attached hydrogen (secondary N) is 1. The van der Waals surface area contributed by atoms with Crippen LogP contribution in [0.15, 0.2) is 24.3 Å². The monoisotopic (exact) mass is 274 g/mol. The Kier molecular flexibility index (Phi) is 5.18. The Hall–Kier alpha value is -1.35. The van der Waals surface area contributed by atoms with E-state index in [2.05, 4.69) is 55.4 Å². The quantitative estimate of drug-likeness (QED) is 0.915. The van der Waals surface area contributed by atoms with E-state index in [1.165, 1.54) is 11.1 Å². The molecule has 0 aliphatic carbocycles. The van der Waals surface area contributed by atoms with E-state index in [0.29, 0.717) is 0 Å². The van der Waals surface area contributed by atoms with Gasteiger partial charge in [0.1, 0.15) is 0 Å². The van der Waals surface area contributed by atoms with Crippen molar-refractivity contribution in [3.05, 3.63) is 35.4 Å². The lowest BCUT2D eigenvalue weighted by molar-refractivity contribution is -0.127. The van der Waals surface area contributed by atoms with Gasteiger partial charge in [-0.2, -0.15) is 0 Å². The van der Waals surface area contributed by atoms with Crippen molar-refractivity contribution in [2.24, 2.45) is 5.92 Å². The molecule has 1 heterocycles. The minimum absolute atomic E-state index is 0.141. The van der Waals surface area contributed by atoms with Gasteiger partial charge < -0.3 is 10.2 Å². The number of hydrogen-bond acceptors (Lipinski definition) is 2. The molecule has 1 fully saturated rings. The van der Waals surface area contributed by atoms with E-state index in [1.54, 1.807) is 0 Å². The first-order valence-corrected chi connectivity index (χ1v) is 7.65. The predicted octanol–water partition coefficient (Wildman–Crippen LogP) is 2.90. The maximum atomic E-state index is 12.4. The molecule has 0 bridgehead atoms. The van der Waals surface area contributed by atoms with E-state index >= 15 is 0 Å². The molecule has 3 nitrogen and oxygen atoms in total. The molecule has 3 heteroatoms. The van der Waals surface area contributed by atoms with Gasteiger partial charge in [0.05, 0.1) is 6.04 Å². The van der Waals surface area contributed by atoms with Gasteiger partial charge in [-0.15, -0.1) is 0 Å². The fraction of sp³-hybridized carbons (Fsp3) is 0.588. The largest absolute Gasteiger partial charge is 0.349 e. The Morgan fingerprint density at radius 3 is 2.45 bits per heavy atom. The molecular weight excluding hydrogens is 248 g/mol. The minimum Gasteiger partial charge on any atom is -0.349 e. The van der Waals surface area contributed by atoms with Crippen LogP contribution < -0.4 is 5.32 Å². The second-order valence-corrected chi connectivity index (χ2v) is 5.96. The number of benzene rings is 1. The molecule has 1 atom stereocenters. The van der Waals surface area contributed by atoms with Crippen LogP contribution in [0.1, 0.15) is 43.4 Å². The fourth-order valence-electron chi connectivity index (χ4n) is 2.78. The molecule has 0 unspecified atom stereocenters. The smallest absolute Gasteiger partial charge is 0.223 e. The van der Waals surface area contributed by atoms with E-state index in [9.17, 15) is 4.79 Å². The molecule has 1 aliphatic rings. The summed E-state index contributed by atoms with van der Waals surface area (Å²) in [7, 11) is 2.12. The van der Waals surface area contributed by atoms with Crippen LogP contribution in [0.25, 0.3) is 0 Å². The predicted molar refractivity (Wildman–Crippen MR) is 82.6 cm³/mol. The third kappa shape index (κ3) is 3.83. The molecule has 1 saturated heterocycles. The van der Waals surface area contributed by atoms with Gasteiger partial charge in [0.15, 0.2) is 0 Å². The van der Waals surface area contributed by atoms with Gasteiger partial charge in [0.25, 0.3) is 0 Å². The van der Waals surface area contributed by atoms with Gasteiger partial charge in [0, 0.05) is 5.92 Å². The van der Waals surface area contributed by atoms with E-state index in [0.717, 1.165) is 32.4 Å². The van der Waals surface area contributed by atoms with Crippen LogP contribution in [-0.2, 0) is 4.79 Å². The van der Waals surface area contributed by atoms with Gasteiger partial charge in [-0.1, -0.05) is 36.8 Å². The number of rotatable bonds is 4. The Labute approximate surface area is 122 Å². The van der Waals surface area contributed by atoms with E-state index in [4.69, 9.17) is 0 Å². The number of aryl methyl sites for hydroxylation is 1. The number of hydrogen-bond donors (Lipinski definition) is 1. The summed E-state index contributed by atoms with van der Waals surface area (Å²) in [4.78, 5) is 14.7. The second kappa shape index (κ2) is 6.89. The molecule has 0 saturated carbocycles. The zero-order valence-electron chi connectivity index (χ0n) is 12.9. The summed E-state index contributed by atoms with van der Waals surface area (Å²) >= 11 is 0. The van der Waals surface area contributed by atoms with Crippen LogP contribution in [0, 0.1) is 12.8 Å². The van der Waals surface area contributed by atoms with Gasteiger partial charge in [0.2, 0.25) is 5.91 Å². The first kappa shape index (κ1) is 15.0. The summed E-state index contributed by atoms with van der Waals surface area (Å²) in [5.74, 6) is 0.413. The molecule has 110 valence electrons. The van der Waals surface area contributed by atoms with Crippen molar-refractivity contribution in [1.29, 1.82) is 0 Å². The highest BCUT2D eigenvalue weighted by atomic mass is 16.1. The third-order valence-corrected chi connectivity index (χ3v) is 4.29. The molecule has 1 aromatic carbocycles. The van der Waals surface area contributed by atoms with E-state index in [1.807, 2.05) is 0 Å². The lowest BCUT2D eigenvalue weighted by Gasteiger charge is -2.29. The van der Waals surface area contributed by atoms with Crippen LogP contribution in [-0.4, -0.2) is 30.9 Å². The Balaban J connectivity index is 1.95. The summed E-state index contributed by atoms with van der Waals surface area (Å²) in [5, 5.41) is 3.23. The Morgan fingerprint density at radius 2 is 1.90 bits per heavy atom. The first-order chi connectivity index (χ1) is 9.60. The fourth-order valence-corrected chi connectivity index (χ4v) is 2.78. The molecule has 1 aromatic rings. The van der Waals surface area contributed by atoms with Crippen LogP contribution in [0.3, 0.4) is 0 Å². The van der Waals surface area contributed by atoms with E-state index in [-0.39, 0.29) is 17.9 Å². The van der Waals surface area contributed by atoms with Gasteiger partial charge in [-0.05, 0) is 51.9 Å². The Bertz CT molecular complexity index is 433. The highest BCUT2D eigenvalue weighted by Gasteiger charge is 2.25. The van der Waals surface area contributed by atoms with Crippen molar-refractivity contribution in [3.8, 4) is 0 Å². The molecule has 1 amide bonds. The van der Waals surface area contributed by atoms with Crippen molar-refractivity contribution in [1.82, 2.24) is 10.2 Å². The van der Waals surface area contributed by atoms with Gasteiger partial charge in [-0.25, -0.2) is 0 Å². The SMILES string of the molecule is CC[C@H](NC(=O)C1CCN(C)CC1)c1ccc(C)cc1. The highest BCUT2D eigenvalue weighted by Crippen LogP contribution is 2.21. The van der Waals surface area contributed by atoms with Crippen molar-refractivity contribution in [2.45, 2.75) is 39.2 Å². The van der Waals surface area contributed by atoms with Crippen molar-refractivity contribution < 1.29 is 4.79 Å². The van der Waals surface area contributed by atoms with Crippen molar-refractivity contribution in [3.63, 3.8) is 0 Å². The average molecular weight is 274 g/mol. The van der Waals surface area contributed by atoms with Crippen LogP contribution in [0.5, 0.6) is 0 Å². The van der Waals surface area contributed by atoms with Crippen LogP contribution in [0.4, 0.5) is 0 Å². The van der Waals surface area contributed by atoms with Crippen LogP contribution in [0.2, 0.25) is 0 Å². The average Bonchev–Trinajstić information content (AvgIpc) is 2.46. The summed E-state index contributed by atoms with van der Waals surface area (Å²) in [5.41, 5.74) is 2.46. The standard InChI is InChI=1S/C17H26N2O/c1-4-16(14-7-5-13(2)6-8-14)18-17(20)15-9-11-19(3)12-10-15/h5-8,15-16H,4,9-12H2,1-3H3,(H,18,20)/t16-/m0/s1. The molecule has 0 aromatic heterocycles. The van der Waals surface area contributed by atoms with Crippen LogP contribution >= 0.6 is 0 Å². The van der Waals surface area contributed by atoms with Gasteiger partial charge in [-0.3, -0.25) is 4.79 Å². The van der Waals surface area contributed by atoms with E-state index < -0.39 is 0 Å². The number of carbonyl (C=O) groups excluding carboxylic acids is 1. The summed E-state index contributed by atoms with van der Waals surface area (Å²) in [6.07, 6.45) is 2.89. The summed E-state index contributed by atoms with van der Waals surface area (Å²) in [6, 6.07) is 8.61. The number of piperidine rings is 1. The maximum absolute atomic E-state index is 12.4. The molecular formula is C17H26N2O. The zero-order valence-corrected chi connectivity index (χ0v) is 12.9. The number of amides is 1. The lowest BCUT2D eigenvalue weighted by atomic mass is 9.95. The molecule has 1 aliphatic heterocycles. The Morgan fingerprint density at radius 1 is 1.30 bits per heavy atom. The summed E-state index contributed by atoms with van der Waals surface area (Å²) < 4.78 is 0. The van der Waals surface area contributed by atoms with Crippen molar-refractivity contribution >= 4 is 5.91 Å². The molecule has 1 N–H and O–H groups in total. The topological polar surface area (TPSA) is 32.3 Å².